The number of esters is 1. The maximum atomic E-state index is 12.6. The van der Waals surface area contributed by atoms with Gasteiger partial charge in [0.05, 0.1) is 23.9 Å². The van der Waals surface area contributed by atoms with Crippen LogP contribution in [0.15, 0.2) is 16.6 Å². The van der Waals surface area contributed by atoms with Crippen molar-refractivity contribution in [1.29, 1.82) is 0 Å². The molecule has 4 aliphatic carbocycles. The van der Waals surface area contributed by atoms with Crippen molar-refractivity contribution in [2.24, 2.45) is 39.5 Å². The van der Waals surface area contributed by atoms with E-state index in [9.17, 15) is 15.0 Å². The molecule has 6 fully saturated rings. The molecule has 0 aromatic carbocycles. The van der Waals surface area contributed by atoms with E-state index in [0.29, 0.717) is 24.9 Å². The smallest absolute Gasteiger partial charge is 0.331 e. The normalized spacial score (nSPS) is 58.4. The van der Waals surface area contributed by atoms with Crippen molar-refractivity contribution in [3.05, 3.63) is 11.6 Å². The molecule has 8 aliphatic rings. The van der Waals surface area contributed by atoms with E-state index in [0.717, 1.165) is 62.7 Å². The Labute approximate surface area is 240 Å². The summed E-state index contributed by atoms with van der Waals surface area (Å²) in [7, 11) is 0. The van der Waals surface area contributed by atoms with Gasteiger partial charge in [-0.3, -0.25) is 4.99 Å². The fraction of sp³-hybridized carbons (Fsp3) is 0.871. The third kappa shape index (κ3) is 3.28. The van der Waals surface area contributed by atoms with Crippen LogP contribution in [0.4, 0.5) is 0 Å². The quantitative estimate of drug-likeness (QED) is 0.359. The summed E-state index contributed by atoms with van der Waals surface area (Å²) in [6, 6.07) is 0. The van der Waals surface area contributed by atoms with Crippen molar-refractivity contribution in [3.63, 3.8) is 0 Å². The molecule has 8 nitrogen and oxygen atoms in total. The molecule has 2 N–H and O–H groups in total. The molecular formula is C31H43NO7S. The van der Waals surface area contributed by atoms with Gasteiger partial charge in [0, 0.05) is 29.9 Å². The van der Waals surface area contributed by atoms with E-state index in [1.165, 1.54) is 0 Å². The van der Waals surface area contributed by atoms with E-state index < -0.39 is 22.5 Å². The van der Waals surface area contributed by atoms with Crippen LogP contribution in [0.3, 0.4) is 0 Å². The van der Waals surface area contributed by atoms with E-state index in [-0.39, 0.29) is 46.9 Å². The zero-order valence-corrected chi connectivity index (χ0v) is 24.7. The van der Waals surface area contributed by atoms with E-state index in [2.05, 4.69) is 13.8 Å². The maximum absolute atomic E-state index is 12.6. The van der Waals surface area contributed by atoms with Gasteiger partial charge < -0.3 is 29.2 Å². The van der Waals surface area contributed by atoms with E-state index in [1.807, 2.05) is 13.1 Å². The van der Waals surface area contributed by atoms with Crippen LogP contribution in [0.5, 0.6) is 0 Å². The van der Waals surface area contributed by atoms with Crippen LogP contribution in [0.25, 0.3) is 0 Å². The number of nitrogens with zero attached hydrogens (tertiary/aromatic N) is 1. The Hall–Kier alpha value is -0.970. The number of hydrogen-bond donors (Lipinski definition) is 2. The van der Waals surface area contributed by atoms with Crippen LogP contribution in [-0.4, -0.2) is 75.6 Å². The molecule has 8 rings (SSSR count). The Morgan fingerprint density at radius 1 is 1.02 bits per heavy atom. The molecule has 9 heteroatoms. The van der Waals surface area contributed by atoms with Crippen molar-refractivity contribution in [3.8, 4) is 0 Å². The molecule has 0 amide bonds. The van der Waals surface area contributed by atoms with E-state index >= 15 is 0 Å². The van der Waals surface area contributed by atoms with Crippen LogP contribution < -0.4 is 0 Å². The lowest BCUT2D eigenvalue weighted by Crippen LogP contribution is -2.73. The molecule has 40 heavy (non-hydrogen) atoms. The second-order valence-electron chi connectivity index (χ2n) is 14.6. The highest BCUT2D eigenvalue weighted by Crippen LogP contribution is 2.70. The van der Waals surface area contributed by atoms with Gasteiger partial charge in [0.25, 0.3) is 5.79 Å². The molecule has 0 bridgehead atoms. The van der Waals surface area contributed by atoms with Gasteiger partial charge in [-0.1, -0.05) is 13.8 Å². The number of aliphatic hydroxyl groups is 2. The lowest BCUT2D eigenvalue weighted by atomic mass is 9.43. The Balaban J connectivity index is 1.08. The first-order valence-electron chi connectivity index (χ1n) is 15.5. The third-order valence-electron chi connectivity index (χ3n) is 13.1. The van der Waals surface area contributed by atoms with Gasteiger partial charge >= 0.3 is 5.97 Å². The Bertz CT molecular complexity index is 1180. The number of carbonyl (C=O) groups is 1. The zero-order chi connectivity index (χ0) is 27.7. The first kappa shape index (κ1) is 26.6. The van der Waals surface area contributed by atoms with Crippen LogP contribution >= 0.6 is 11.8 Å². The SMILES string of the molecule is CC1CC2(N=CCS2)C2(O)OC3CC4(C)C(CCC5C4CCC4(C)C(C6=CC(=O)OC6)CCC54O)CC3OC2O1. The van der Waals surface area contributed by atoms with Crippen molar-refractivity contribution < 1.29 is 34.0 Å². The van der Waals surface area contributed by atoms with E-state index in [1.54, 1.807) is 17.8 Å². The van der Waals surface area contributed by atoms with Crippen LogP contribution in [0.1, 0.15) is 78.6 Å². The summed E-state index contributed by atoms with van der Waals surface area (Å²) < 4.78 is 24.8. The summed E-state index contributed by atoms with van der Waals surface area (Å²) in [4.78, 5) is 15.9. The lowest BCUT2D eigenvalue weighted by Gasteiger charge is -2.66. The van der Waals surface area contributed by atoms with Gasteiger partial charge in [-0.2, -0.15) is 0 Å². The summed E-state index contributed by atoms with van der Waals surface area (Å²) in [6.07, 6.45) is 10.4. The van der Waals surface area contributed by atoms with Gasteiger partial charge in [0.15, 0.2) is 4.87 Å². The highest BCUT2D eigenvalue weighted by molar-refractivity contribution is 8.01. The summed E-state index contributed by atoms with van der Waals surface area (Å²) >= 11 is 1.63. The molecule has 4 saturated carbocycles. The van der Waals surface area contributed by atoms with Crippen LogP contribution in [0, 0.1) is 34.5 Å². The van der Waals surface area contributed by atoms with Gasteiger partial charge in [-0.15, -0.1) is 11.8 Å². The highest BCUT2D eigenvalue weighted by atomic mass is 32.2. The molecule has 0 radical (unpaired) electrons. The molecule has 0 aromatic heterocycles. The van der Waals surface area contributed by atoms with Crippen LogP contribution in [0.2, 0.25) is 0 Å². The van der Waals surface area contributed by atoms with Crippen molar-refractivity contribution >= 4 is 23.9 Å². The van der Waals surface area contributed by atoms with Crippen LogP contribution in [-0.2, 0) is 23.7 Å². The Morgan fingerprint density at radius 3 is 2.62 bits per heavy atom. The van der Waals surface area contributed by atoms with E-state index in [4.69, 9.17) is 23.9 Å². The second kappa shape index (κ2) is 8.56. The number of cyclic esters (lactones) is 1. The minimum absolute atomic E-state index is 0.0143. The summed E-state index contributed by atoms with van der Waals surface area (Å²) in [5.74, 6) is 0.158. The monoisotopic (exact) mass is 573 g/mol. The number of hydrogen-bond acceptors (Lipinski definition) is 9. The molecule has 13 unspecified atom stereocenters. The maximum Gasteiger partial charge on any atom is 0.331 e. The first-order chi connectivity index (χ1) is 19.0. The fourth-order valence-corrected chi connectivity index (χ4v) is 12.4. The van der Waals surface area contributed by atoms with Crippen molar-refractivity contribution in [1.82, 2.24) is 0 Å². The molecule has 220 valence electrons. The number of fused-ring (bicyclic) bond motifs is 8. The Morgan fingerprint density at radius 2 is 1.88 bits per heavy atom. The minimum Gasteiger partial charge on any atom is -0.458 e. The second-order valence-corrected chi connectivity index (χ2v) is 15.9. The predicted molar refractivity (Wildman–Crippen MR) is 148 cm³/mol. The molecule has 13 atom stereocenters. The third-order valence-corrected chi connectivity index (χ3v) is 14.4. The average Bonchev–Trinajstić information content (AvgIpc) is 3.61. The molecular weight excluding hydrogens is 530 g/mol. The predicted octanol–water partition coefficient (Wildman–Crippen LogP) is 3.97. The lowest BCUT2D eigenvalue weighted by molar-refractivity contribution is -0.446. The molecule has 0 aromatic rings. The number of rotatable bonds is 1. The number of thioether (sulfide) groups is 1. The molecule has 2 saturated heterocycles. The average molecular weight is 574 g/mol. The number of aliphatic imine (C=N–C) groups is 1. The molecule has 4 aliphatic heterocycles. The van der Waals surface area contributed by atoms with Gasteiger partial charge in [-0.05, 0) is 93.0 Å². The summed E-state index contributed by atoms with van der Waals surface area (Å²) in [5, 5.41) is 24.6. The highest BCUT2D eigenvalue weighted by Gasteiger charge is 2.71. The molecule has 4 heterocycles. The standard InChI is InChI=1S/C31H43NO7S/c1-17-14-30(32-10-11-40-30)31(35)26(37-17)38-23-13-19-4-5-22-21(27(19,2)15-24(23)39-31)6-8-28(3)20(7-9-29(22,28)34)18-12-25(33)36-16-18/h10,12,17,19-24,26,34-35H,4-9,11,13-16H2,1-3H3. The number of ether oxygens (including phenoxy) is 4. The largest absolute Gasteiger partial charge is 0.458 e. The minimum atomic E-state index is -1.62. The Kier molecular flexibility index (Phi) is 5.70. The zero-order valence-electron chi connectivity index (χ0n) is 23.8. The topological polar surface area (TPSA) is 107 Å². The summed E-state index contributed by atoms with van der Waals surface area (Å²) in [5.41, 5.74) is 0.0572. The fourth-order valence-electron chi connectivity index (χ4n) is 11.1. The molecule has 1 spiro atoms. The van der Waals surface area contributed by atoms with Gasteiger partial charge in [0.2, 0.25) is 6.29 Å². The van der Waals surface area contributed by atoms with Crippen molar-refractivity contribution in [2.75, 3.05) is 12.4 Å². The summed E-state index contributed by atoms with van der Waals surface area (Å²) in [6.45, 7) is 7.09. The van der Waals surface area contributed by atoms with Crippen molar-refractivity contribution in [2.45, 2.75) is 119 Å². The first-order valence-corrected chi connectivity index (χ1v) is 16.5. The van der Waals surface area contributed by atoms with Gasteiger partial charge in [-0.25, -0.2) is 4.79 Å². The van der Waals surface area contributed by atoms with Gasteiger partial charge in [0.1, 0.15) is 6.61 Å². The number of carbonyl (C=O) groups excluding carboxylic acids is 1.